The first-order valence-electron chi connectivity index (χ1n) is 12.1. The largest absolute Gasteiger partial charge is 0.663 e. The van der Waals surface area contributed by atoms with E-state index in [0.29, 0.717) is 0 Å². The van der Waals surface area contributed by atoms with Crippen LogP contribution < -0.4 is 4.98 Å². The average Bonchev–Trinajstić information content (AvgIpc) is 3.38. The van der Waals surface area contributed by atoms with Crippen molar-refractivity contribution < 1.29 is 21.1 Å². The van der Waals surface area contributed by atoms with Gasteiger partial charge in [0.05, 0.1) is 0 Å². The Labute approximate surface area is 203 Å². The van der Waals surface area contributed by atoms with E-state index in [4.69, 9.17) is 4.98 Å². The van der Waals surface area contributed by atoms with E-state index in [9.17, 15) is 0 Å². The summed E-state index contributed by atoms with van der Waals surface area (Å²) in [6, 6.07) is 25.4. The first-order chi connectivity index (χ1) is 15.3. The van der Waals surface area contributed by atoms with E-state index in [1.807, 2.05) is 6.20 Å². The van der Waals surface area contributed by atoms with Gasteiger partial charge in [-0.05, 0) is 101 Å². The Bertz CT molecular complexity index is 1330. The minimum Gasteiger partial charge on any atom is -0.663 e. The van der Waals surface area contributed by atoms with Crippen molar-refractivity contribution in [3.8, 4) is 22.3 Å². The van der Waals surface area contributed by atoms with Gasteiger partial charge in [0.2, 0.25) is 0 Å². The molecular formula is C30H26NW-. The first kappa shape index (κ1) is 19.4. The van der Waals surface area contributed by atoms with Crippen LogP contribution in [0.25, 0.3) is 33.2 Å². The number of para-hydroxylation sites is 1. The molecule has 5 aliphatic carbocycles. The maximum atomic E-state index is 4.71. The molecule has 32 heavy (non-hydrogen) atoms. The average molecular weight is 584 g/mol. The molecule has 0 atom stereocenters. The predicted molar refractivity (Wildman–Crippen MR) is 126 cm³/mol. The Morgan fingerprint density at radius 1 is 0.656 bits per heavy atom. The second-order valence-electron chi connectivity index (χ2n) is 10.7. The fraction of sp³-hybridized carbons (Fsp3) is 0.333. The Hall–Kier alpha value is -2.11. The van der Waals surface area contributed by atoms with Gasteiger partial charge in [-0.15, -0.1) is 5.52 Å². The molecule has 158 valence electrons. The second-order valence-corrected chi connectivity index (χ2v) is 10.7. The molecule has 1 aromatic heterocycles. The Morgan fingerprint density at radius 2 is 1.38 bits per heavy atom. The minimum absolute atomic E-state index is 0. The fourth-order valence-corrected chi connectivity index (χ4v) is 8.58. The van der Waals surface area contributed by atoms with Crippen LogP contribution in [0.15, 0.2) is 72.9 Å². The standard InChI is InChI=1S/C30H26N.W/c1-2-7-27-25(5-1)26-9-8-21(24-6-3-4-20-10-11-31-29(20)24)17-28(26)30(27)22-13-18-12-19(15-22)16-23(30)14-18;/h1-11,17-19,22-23H,12-16H2;/q-1;. The fourth-order valence-electron chi connectivity index (χ4n) is 8.58. The zero-order chi connectivity index (χ0) is 20.2. The molecule has 4 fully saturated rings. The first-order valence-corrected chi connectivity index (χ1v) is 12.1. The number of rotatable bonds is 1. The smallest absolute Gasteiger partial charge is 0.0272 e. The van der Waals surface area contributed by atoms with Crippen LogP contribution in [0, 0.1) is 23.7 Å². The van der Waals surface area contributed by atoms with Crippen molar-refractivity contribution in [2.45, 2.75) is 37.5 Å². The summed E-state index contributed by atoms with van der Waals surface area (Å²) in [7, 11) is 0. The van der Waals surface area contributed by atoms with E-state index in [-0.39, 0.29) is 26.5 Å². The van der Waals surface area contributed by atoms with Gasteiger partial charge in [-0.3, -0.25) is 0 Å². The molecule has 0 amide bonds. The molecule has 4 bridgehead atoms. The molecule has 1 nitrogen and oxygen atoms in total. The van der Waals surface area contributed by atoms with Crippen molar-refractivity contribution in [2.24, 2.45) is 23.7 Å². The zero-order valence-electron chi connectivity index (χ0n) is 18.1. The molecule has 5 aliphatic rings. The van der Waals surface area contributed by atoms with Gasteiger partial charge in [0.15, 0.2) is 0 Å². The summed E-state index contributed by atoms with van der Waals surface area (Å²) >= 11 is 0. The summed E-state index contributed by atoms with van der Waals surface area (Å²) in [5, 5.41) is 1.24. The van der Waals surface area contributed by atoms with Gasteiger partial charge in [-0.2, -0.15) is 6.20 Å². The molecule has 0 radical (unpaired) electrons. The molecular weight excluding hydrogens is 558 g/mol. The van der Waals surface area contributed by atoms with Gasteiger partial charge in [0.25, 0.3) is 0 Å². The predicted octanol–water partition coefficient (Wildman–Crippen LogP) is 7.18. The third kappa shape index (κ3) is 2.29. The van der Waals surface area contributed by atoms with E-state index in [1.165, 1.54) is 59.7 Å². The molecule has 3 aromatic carbocycles. The van der Waals surface area contributed by atoms with Crippen LogP contribution in [0.4, 0.5) is 0 Å². The summed E-state index contributed by atoms with van der Waals surface area (Å²) in [4.78, 5) is 4.71. The number of fused-ring (bicyclic) bond motifs is 4. The van der Waals surface area contributed by atoms with Crippen LogP contribution >= 0.6 is 0 Å². The van der Waals surface area contributed by atoms with Crippen LogP contribution in [0.2, 0.25) is 0 Å². The number of hydrogen-bond donors (Lipinski definition) is 0. The molecule has 4 saturated carbocycles. The SMILES string of the molecule is [W].c1ccc2c(c1)-c1ccc(-c3cccc4cc[n-]c34)cc1C21C2CC3CC(C2)CC1C3. The number of benzene rings is 3. The number of nitrogens with zero attached hydrogens (tertiary/aromatic N) is 1. The third-order valence-electron chi connectivity index (χ3n) is 9.39. The van der Waals surface area contributed by atoms with Gasteiger partial charge >= 0.3 is 0 Å². The molecule has 9 rings (SSSR count). The van der Waals surface area contributed by atoms with Crippen LogP contribution in [-0.4, -0.2) is 0 Å². The van der Waals surface area contributed by atoms with E-state index >= 15 is 0 Å². The van der Waals surface area contributed by atoms with Gasteiger partial charge in [0, 0.05) is 26.5 Å². The maximum Gasteiger partial charge on any atom is 0.0272 e. The number of aromatic nitrogens is 1. The van der Waals surface area contributed by atoms with Crippen molar-refractivity contribution in [1.82, 2.24) is 4.98 Å². The van der Waals surface area contributed by atoms with Crippen molar-refractivity contribution in [3.63, 3.8) is 0 Å². The number of hydrogen-bond acceptors (Lipinski definition) is 0. The quantitative estimate of drug-likeness (QED) is 0.231. The van der Waals surface area contributed by atoms with Gasteiger partial charge < -0.3 is 4.98 Å². The van der Waals surface area contributed by atoms with Crippen LogP contribution in [0.1, 0.15) is 43.2 Å². The normalized spacial score (nSPS) is 31.0. The molecule has 0 unspecified atom stereocenters. The Morgan fingerprint density at radius 3 is 2.19 bits per heavy atom. The Balaban J connectivity index is 0.00000180. The molecule has 1 spiro atoms. The Kier molecular flexibility index (Phi) is 4.06. The van der Waals surface area contributed by atoms with Crippen molar-refractivity contribution in [3.05, 3.63) is 84.1 Å². The van der Waals surface area contributed by atoms with Crippen LogP contribution in [-0.2, 0) is 26.5 Å². The third-order valence-corrected chi connectivity index (χ3v) is 9.39. The summed E-state index contributed by atoms with van der Waals surface area (Å²) in [5.41, 5.74) is 10.3. The van der Waals surface area contributed by atoms with Gasteiger partial charge in [-0.25, -0.2) is 0 Å². The molecule has 0 saturated heterocycles. The minimum atomic E-state index is 0. The summed E-state index contributed by atoms with van der Waals surface area (Å²) < 4.78 is 0. The summed E-state index contributed by atoms with van der Waals surface area (Å²) in [6.45, 7) is 0. The summed E-state index contributed by atoms with van der Waals surface area (Å²) in [6.07, 6.45) is 9.19. The van der Waals surface area contributed by atoms with Crippen LogP contribution in [0.3, 0.4) is 0 Å². The summed E-state index contributed by atoms with van der Waals surface area (Å²) in [5.74, 6) is 3.59. The van der Waals surface area contributed by atoms with E-state index in [0.717, 1.165) is 29.2 Å². The second kappa shape index (κ2) is 6.70. The molecule has 4 aromatic rings. The molecule has 2 heteroatoms. The maximum absolute atomic E-state index is 4.71. The van der Waals surface area contributed by atoms with Crippen LogP contribution in [0.5, 0.6) is 0 Å². The van der Waals surface area contributed by atoms with Gasteiger partial charge in [-0.1, -0.05) is 60.7 Å². The van der Waals surface area contributed by atoms with Crippen molar-refractivity contribution in [1.29, 1.82) is 0 Å². The molecule has 0 aliphatic heterocycles. The van der Waals surface area contributed by atoms with E-state index < -0.39 is 0 Å². The monoisotopic (exact) mass is 584 g/mol. The zero-order valence-corrected chi connectivity index (χ0v) is 21.1. The van der Waals surface area contributed by atoms with E-state index in [1.54, 1.807) is 11.1 Å². The van der Waals surface area contributed by atoms with Crippen molar-refractivity contribution >= 4 is 10.9 Å². The van der Waals surface area contributed by atoms with Crippen molar-refractivity contribution in [2.75, 3.05) is 0 Å². The molecule has 1 heterocycles. The van der Waals surface area contributed by atoms with Gasteiger partial charge in [0.1, 0.15) is 0 Å². The van der Waals surface area contributed by atoms with E-state index in [2.05, 4.69) is 66.7 Å². The topological polar surface area (TPSA) is 14.1 Å². The molecule has 0 N–H and O–H groups in total.